The molecule has 1 amide bonds. The predicted molar refractivity (Wildman–Crippen MR) is 74.7 cm³/mol. The highest BCUT2D eigenvalue weighted by Crippen LogP contribution is 2.34. The number of fused-ring (bicyclic) bond motifs is 1. The molecule has 2 aliphatic rings. The molecule has 9 heteroatoms. The van der Waals surface area contributed by atoms with E-state index in [1.807, 2.05) is 0 Å². The number of thiazole rings is 1. The molecule has 6 nitrogen and oxygen atoms in total. The molecule has 0 saturated carbocycles. The second-order valence-electron chi connectivity index (χ2n) is 5.33. The zero-order valence-corrected chi connectivity index (χ0v) is 12.7. The zero-order chi connectivity index (χ0) is 15.2. The van der Waals surface area contributed by atoms with Crippen LogP contribution in [0.3, 0.4) is 0 Å². The van der Waals surface area contributed by atoms with Gasteiger partial charge in [0.15, 0.2) is 10.9 Å². The Bertz CT molecular complexity index is 713. The van der Waals surface area contributed by atoms with Crippen molar-refractivity contribution in [1.29, 1.82) is 0 Å². The number of Topliss-reactive ketones (excluding diaryl/α,β-unsaturated/α-hetero) is 1. The van der Waals surface area contributed by atoms with E-state index in [2.05, 4.69) is 4.98 Å². The van der Waals surface area contributed by atoms with Crippen molar-refractivity contribution in [3.05, 3.63) is 10.6 Å². The third kappa shape index (κ3) is 2.98. The van der Waals surface area contributed by atoms with E-state index >= 15 is 0 Å². The van der Waals surface area contributed by atoms with Crippen molar-refractivity contribution in [2.45, 2.75) is 25.7 Å². The van der Waals surface area contributed by atoms with Crippen molar-refractivity contribution >= 4 is 38.4 Å². The van der Waals surface area contributed by atoms with Gasteiger partial charge in [-0.3, -0.25) is 14.5 Å². The van der Waals surface area contributed by atoms with E-state index < -0.39 is 21.9 Å². The number of halogens is 1. The third-order valence-electron chi connectivity index (χ3n) is 3.63. The van der Waals surface area contributed by atoms with Gasteiger partial charge in [-0.25, -0.2) is 4.98 Å². The third-order valence-corrected chi connectivity index (χ3v) is 5.66. The predicted octanol–water partition coefficient (Wildman–Crippen LogP) is 1.31. The Morgan fingerprint density at radius 3 is 2.76 bits per heavy atom. The first-order valence-electron chi connectivity index (χ1n) is 6.59. The fourth-order valence-electron chi connectivity index (χ4n) is 2.73. The lowest BCUT2D eigenvalue weighted by Crippen LogP contribution is -2.25. The molecule has 0 N–H and O–H groups in total. The average molecular weight is 332 g/mol. The fraction of sp³-hybridized carbons (Fsp3) is 0.583. The minimum Gasteiger partial charge on any atom is -0.293 e. The summed E-state index contributed by atoms with van der Waals surface area (Å²) in [5.74, 6) is -1.46. The molecule has 1 aromatic rings. The summed E-state index contributed by atoms with van der Waals surface area (Å²) in [4.78, 5) is 30.0. The van der Waals surface area contributed by atoms with Crippen LogP contribution in [0.1, 0.15) is 34.6 Å². The van der Waals surface area contributed by atoms with Crippen LogP contribution in [0.25, 0.3) is 0 Å². The fourth-order valence-corrected chi connectivity index (χ4v) is 4.62. The highest BCUT2D eigenvalue weighted by atomic mass is 32.3. The number of hydrogen-bond donors (Lipinski definition) is 0. The molecule has 21 heavy (non-hydrogen) atoms. The molecular formula is C12H13FN2O4S2. The van der Waals surface area contributed by atoms with Gasteiger partial charge in [0.1, 0.15) is 0 Å². The maximum Gasteiger partial charge on any atom is 0.302 e. The minimum atomic E-state index is -4.60. The number of carbonyl (C=O) groups excluding carboxylic acids is 2. The molecule has 1 aromatic heterocycles. The molecule has 3 rings (SSSR count). The number of amides is 1. The SMILES string of the molecule is O=C1CCCc2nc(N3CC(CS(=O)(=O)F)CC3=O)sc21. The summed E-state index contributed by atoms with van der Waals surface area (Å²) in [6.45, 7) is 0.128. The molecule has 1 atom stereocenters. The van der Waals surface area contributed by atoms with Gasteiger partial charge in [0.05, 0.1) is 16.3 Å². The van der Waals surface area contributed by atoms with Crippen molar-refractivity contribution in [1.82, 2.24) is 4.98 Å². The maximum absolute atomic E-state index is 12.7. The van der Waals surface area contributed by atoms with E-state index in [4.69, 9.17) is 0 Å². The van der Waals surface area contributed by atoms with Crippen LogP contribution in [-0.4, -0.2) is 37.4 Å². The smallest absolute Gasteiger partial charge is 0.293 e. The largest absolute Gasteiger partial charge is 0.302 e. The molecule has 1 unspecified atom stereocenters. The Balaban J connectivity index is 1.82. The molecule has 0 spiro atoms. The van der Waals surface area contributed by atoms with Gasteiger partial charge in [0.2, 0.25) is 5.91 Å². The van der Waals surface area contributed by atoms with Crippen LogP contribution in [0, 0.1) is 5.92 Å². The Hall–Kier alpha value is -1.35. The molecule has 1 aliphatic carbocycles. The summed E-state index contributed by atoms with van der Waals surface area (Å²) in [5, 5.41) is 0.416. The normalized spacial score (nSPS) is 22.7. The molecule has 2 heterocycles. The van der Waals surface area contributed by atoms with E-state index in [9.17, 15) is 21.9 Å². The first kappa shape index (κ1) is 14.6. The Labute approximate surface area is 125 Å². The topological polar surface area (TPSA) is 84.4 Å². The van der Waals surface area contributed by atoms with Crippen molar-refractivity contribution in [2.75, 3.05) is 17.2 Å². The van der Waals surface area contributed by atoms with Crippen LogP contribution in [-0.2, 0) is 21.4 Å². The lowest BCUT2D eigenvalue weighted by atomic mass is 10.0. The Kier molecular flexibility index (Phi) is 3.56. The molecule has 1 saturated heterocycles. The first-order chi connectivity index (χ1) is 9.83. The quantitative estimate of drug-likeness (QED) is 0.779. The summed E-state index contributed by atoms with van der Waals surface area (Å²) < 4.78 is 34.1. The van der Waals surface area contributed by atoms with E-state index in [0.29, 0.717) is 28.5 Å². The van der Waals surface area contributed by atoms with Crippen LogP contribution in [0.4, 0.5) is 9.02 Å². The van der Waals surface area contributed by atoms with Gasteiger partial charge in [-0.05, 0) is 12.8 Å². The Morgan fingerprint density at radius 2 is 2.10 bits per heavy atom. The number of rotatable bonds is 3. The van der Waals surface area contributed by atoms with Gasteiger partial charge < -0.3 is 0 Å². The highest BCUT2D eigenvalue weighted by molar-refractivity contribution is 7.86. The minimum absolute atomic E-state index is 0.0126. The van der Waals surface area contributed by atoms with Gasteiger partial charge in [0.25, 0.3) is 0 Å². The van der Waals surface area contributed by atoms with Crippen molar-refractivity contribution in [3.63, 3.8) is 0 Å². The summed E-state index contributed by atoms with van der Waals surface area (Å²) in [6.07, 6.45) is 1.94. The number of hydrogen-bond acceptors (Lipinski definition) is 6. The van der Waals surface area contributed by atoms with E-state index in [1.54, 1.807) is 0 Å². The second-order valence-corrected chi connectivity index (χ2v) is 7.72. The van der Waals surface area contributed by atoms with Gasteiger partial charge in [-0.2, -0.15) is 8.42 Å². The number of aromatic nitrogens is 1. The van der Waals surface area contributed by atoms with Crippen LogP contribution in [0.15, 0.2) is 0 Å². The van der Waals surface area contributed by atoms with Gasteiger partial charge >= 0.3 is 10.2 Å². The van der Waals surface area contributed by atoms with Crippen molar-refractivity contribution in [3.8, 4) is 0 Å². The molecule has 1 aliphatic heterocycles. The maximum atomic E-state index is 12.7. The van der Waals surface area contributed by atoms with E-state index in [0.717, 1.165) is 6.42 Å². The Morgan fingerprint density at radius 1 is 1.33 bits per heavy atom. The highest BCUT2D eigenvalue weighted by Gasteiger charge is 2.36. The van der Waals surface area contributed by atoms with Gasteiger partial charge in [-0.1, -0.05) is 11.3 Å². The summed E-state index contributed by atoms with van der Waals surface area (Å²) in [5.41, 5.74) is 0.709. The van der Waals surface area contributed by atoms with Gasteiger partial charge in [-0.15, -0.1) is 3.89 Å². The zero-order valence-electron chi connectivity index (χ0n) is 11.0. The molecular weight excluding hydrogens is 319 g/mol. The number of carbonyl (C=O) groups is 2. The molecule has 0 radical (unpaired) electrons. The van der Waals surface area contributed by atoms with Gasteiger partial charge in [0, 0.05) is 25.3 Å². The lowest BCUT2D eigenvalue weighted by molar-refractivity contribution is -0.117. The first-order valence-corrected chi connectivity index (χ1v) is 8.96. The average Bonchev–Trinajstić information content (AvgIpc) is 2.91. The van der Waals surface area contributed by atoms with E-state index in [-0.39, 0.29) is 24.7 Å². The molecule has 0 aromatic carbocycles. The van der Waals surface area contributed by atoms with Crippen molar-refractivity contribution in [2.24, 2.45) is 5.92 Å². The number of ketones is 1. The number of aryl methyl sites for hydroxylation is 1. The monoisotopic (exact) mass is 332 g/mol. The summed E-state index contributed by atoms with van der Waals surface area (Å²) in [6, 6.07) is 0. The second kappa shape index (κ2) is 5.13. The van der Waals surface area contributed by atoms with E-state index in [1.165, 1.54) is 16.2 Å². The summed E-state index contributed by atoms with van der Waals surface area (Å²) in [7, 11) is -4.60. The van der Waals surface area contributed by atoms with Crippen LogP contribution < -0.4 is 4.90 Å². The van der Waals surface area contributed by atoms with Crippen LogP contribution >= 0.6 is 11.3 Å². The lowest BCUT2D eigenvalue weighted by Gasteiger charge is -2.12. The van der Waals surface area contributed by atoms with Crippen molar-refractivity contribution < 1.29 is 21.9 Å². The number of anilines is 1. The van der Waals surface area contributed by atoms with Crippen LogP contribution in [0.5, 0.6) is 0 Å². The summed E-state index contributed by atoms with van der Waals surface area (Å²) >= 11 is 1.17. The van der Waals surface area contributed by atoms with Crippen LogP contribution in [0.2, 0.25) is 0 Å². The molecule has 1 fully saturated rings. The standard InChI is InChI=1S/C12H13FN2O4S2/c13-21(18,19)6-7-4-10(17)15(5-7)12-14-8-2-1-3-9(16)11(8)20-12/h7H,1-6H2. The molecule has 0 bridgehead atoms. The molecule has 114 valence electrons. The number of nitrogens with zero attached hydrogens (tertiary/aromatic N) is 2.